The fraction of sp³-hybridized carbons (Fsp3) is 0.294. The van der Waals surface area contributed by atoms with E-state index in [9.17, 15) is 8.42 Å². The first-order valence-corrected chi connectivity index (χ1v) is 8.83. The van der Waals surface area contributed by atoms with Crippen LogP contribution in [0, 0.1) is 0 Å². The van der Waals surface area contributed by atoms with E-state index in [-0.39, 0.29) is 10.6 Å². The summed E-state index contributed by atoms with van der Waals surface area (Å²) >= 11 is 0. The normalized spacial score (nSPS) is 11.2. The lowest BCUT2D eigenvalue weighted by Gasteiger charge is -2.09. The van der Waals surface area contributed by atoms with Gasteiger partial charge in [-0.1, -0.05) is 12.1 Å². The summed E-state index contributed by atoms with van der Waals surface area (Å²) in [4.78, 5) is 0.0759. The molecule has 0 aromatic heterocycles. The van der Waals surface area contributed by atoms with Crippen molar-refractivity contribution in [2.75, 3.05) is 27.4 Å². The van der Waals surface area contributed by atoms with Gasteiger partial charge in [0.15, 0.2) is 0 Å². The minimum Gasteiger partial charge on any atom is -0.497 e. The maximum Gasteiger partial charge on any atom is 0.339 e. The molecule has 0 aliphatic rings. The summed E-state index contributed by atoms with van der Waals surface area (Å²) < 4.78 is 39.8. The number of nitrogens with one attached hydrogen (secondary N) is 1. The Labute approximate surface area is 142 Å². The number of hydrogen-bond donors (Lipinski definition) is 1. The lowest BCUT2D eigenvalue weighted by Crippen LogP contribution is -2.18. The number of methoxy groups -OCH3 is 2. The van der Waals surface area contributed by atoms with Crippen molar-refractivity contribution in [3.63, 3.8) is 0 Å². The highest BCUT2D eigenvalue weighted by Gasteiger charge is 2.16. The van der Waals surface area contributed by atoms with Crippen LogP contribution in [0.2, 0.25) is 0 Å². The van der Waals surface area contributed by atoms with Crippen molar-refractivity contribution in [2.45, 2.75) is 11.4 Å². The van der Waals surface area contributed by atoms with Crippen LogP contribution in [0.15, 0.2) is 53.4 Å². The van der Waals surface area contributed by atoms with Crippen LogP contribution in [0.3, 0.4) is 0 Å². The molecule has 0 radical (unpaired) electrons. The third kappa shape index (κ3) is 5.23. The van der Waals surface area contributed by atoms with E-state index in [1.165, 1.54) is 19.2 Å². The Morgan fingerprint density at radius 1 is 1.00 bits per heavy atom. The average molecular weight is 351 g/mol. The molecule has 0 unspecified atom stereocenters. The number of benzene rings is 2. The van der Waals surface area contributed by atoms with Crippen molar-refractivity contribution in [3.05, 3.63) is 54.1 Å². The molecule has 2 aromatic rings. The third-order valence-corrected chi connectivity index (χ3v) is 4.53. The molecule has 2 aromatic carbocycles. The summed E-state index contributed by atoms with van der Waals surface area (Å²) in [5.41, 5.74) is 0.925. The van der Waals surface area contributed by atoms with E-state index in [0.717, 1.165) is 5.56 Å². The summed E-state index contributed by atoms with van der Waals surface area (Å²) in [7, 11) is -0.721. The van der Waals surface area contributed by atoms with Crippen LogP contribution in [-0.2, 0) is 21.4 Å². The van der Waals surface area contributed by atoms with Crippen molar-refractivity contribution >= 4 is 10.1 Å². The van der Waals surface area contributed by atoms with E-state index >= 15 is 0 Å². The van der Waals surface area contributed by atoms with Gasteiger partial charge in [-0.25, -0.2) is 0 Å². The highest BCUT2D eigenvalue weighted by Crippen LogP contribution is 2.21. The van der Waals surface area contributed by atoms with Crippen molar-refractivity contribution < 1.29 is 22.1 Å². The van der Waals surface area contributed by atoms with E-state index in [2.05, 4.69) is 5.32 Å². The van der Waals surface area contributed by atoms with Gasteiger partial charge in [0.25, 0.3) is 0 Å². The quantitative estimate of drug-likeness (QED) is 0.551. The monoisotopic (exact) mass is 351 g/mol. The standard InChI is InChI=1S/C17H21NO5S/c1-21-11-10-18-13-14-4-3-5-16(12-14)23-24(19,20)17-8-6-15(22-2)7-9-17/h3-9,12,18H,10-11,13H2,1-2H3. The molecule has 0 spiro atoms. The molecule has 24 heavy (non-hydrogen) atoms. The Morgan fingerprint density at radius 2 is 1.75 bits per heavy atom. The zero-order valence-electron chi connectivity index (χ0n) is 13.7. The Hall–Kier alpha value is -2.09. The molecule has 6 nitrogen and oxygen atoms in total. The van der Waals surface area contributed by atoms with Crippen LogP contribution < -0.4 is 14.2 Å². The van der Waals surface area contributed by atoms with Gasteiger partial charge in [-0.15, -0.1) is 0 Å². The molecule has 0 atom stereocenters. The number of rotatable bonds is 9. The van der Waals surface area contributed by atoms with Gasteiger partial charge in [0.05, 0.1) is 13.7 Å². The molecule has 0 heterocycles. The summed E-state index contributed by atoms with van der Waals surface area (Å²) in [6.45, 7) is 1.93. The Morgan fingerprint density at radius 3 is 2.42 bits per heavy atom. The summed E-state index contributed by atoms with van der Waals surface area (Å²) in [5, 5.41) is 3.19. The van der Waals surface area contributed by atoms with Gasteiger partial charge in [0.2, 0.25) is 0 Å². The van der Waals surface area contributed by atoms with E-state index in [1.54, 1.807) is 37.4 Å². The zero-order valence-corrected chi connectivity index (χ0v) is 14.5. The van der Waals surface area contributed by atoms with Crippen molar-refractivity contribution in [1.82, 2.24) is 5.32 Å². The highest BCUT2D eigenvalue weighted by molar-refractivity contribution is 7.87. The lowest BCUT2D eigenvalue weighted by atomic mass is 10.2. The molecule has 2 rings (SSSR count). The largest absolute Gasteiger partial charge is 0.497 e. The maximum absolute atomic E-state index is 12.3. The fourth-order valence-electron chi connectivity index (χ4n) is 2.03. The molecule has 7 heteroatoms. The SMILES string of the molecule is COCCNCc1cccc(OS(=O)(=O)c2ccc(OC)cc2)c1. The summed E-state index contributed by atoms with van der Waals surface area (Å²) in [5.74, 6) is 0.856. The summed E-state index contributed by atoms with van der Waals surface area (Å²) in [6, 6.07) is 13.0. The van der Waals surface area contributed by atoms with E-state index in [4.69, 9.17) is 13.7 Å². The van der Waals surface area contributed by atoms with Gasteiger partial charge in [-0.2, -0.15) is 8.42 Å². The van der Waals surface area contributed by atoms with Gasteiger partial charge < -0.3 is 19.0 Å². The second-order valence-electron chi connectivity index (χ2n) is 5.03. The first-order valence-electron chi connectivity index (χ1n) is 7.42. The maximum atomic E-state index is 12.3. The lowest BCUT2D eigenvalue weighted by molar-refractivity contribution is 0.199. The van der Waals surface area contributed by atoms with Gasteiger partial charge in [0.1, 0.15) is 16.4 Å². The first kappa shape index (κ1) is 18.3. The average Bonchev–Trinajstić information content (AvgIpc) is 2.59. The molecule has 0 saturated heterocycles. The molecular formula is C17H21NO5S. The zero-order chi connectivity index (χ0) is 17.4. The molecule has 0 amide bonds. The molecule has 0 fully saturated rings. The van der Waals surface area contributed by atoms with Crippen molar-refractivity contribution in [1.29, 1.82) is 0 Å². The van der Waals surface area contributed by atoms with Crippen LogP contribution in [0.5, 0.6) is 11.5 Å². The molecule has 0 saturated carbocycles. The minimum absolute atomic E-state index is 0.0759. The smallest absolute Gasteiger partial charge is 0.339 e. The summed E-state index contributed by atoms with van der Waals surface area (Å²) in [6.07, 6.45) is 0. The van der Waals surface area contributed by atoms with Crippen LogP contribution in [0.1, 0.15) is 5.56 Å². The molecule has 0 aliphatic heterocycles. The third-order valence-electron chi connectivity index (χ3n) is 3.26. The molecule has 1 N–H and O–H groups in total. The van der Waals surface area contributed by atoms with Crippen LogP contribution in [0.4, 0.5) is 0 Å². The van der Waals surface area contributed by atoms with Gasteiger partial charge >= 0.3 is 10.1 Å². The molecular weight excluding hydrogens is 330 g/mol. The van der Waals surface area contributed by atoms with E-state index < -0.39 is 10.1 Å². The van der Waals surface area contributed by atoms with E-state index in [1.807, 2.05) is 6.07 Å². The second kappa shape index (κ2) is 8.68. The van der Waals surface area contributed by atoms with Gasteiger partial charge in [-0.05, 0) is 42.0 Å². The highest BCUT2D eigenvalue weighted by atomic mass is 32.2. The fourth-order valence-corrected chi connectivity index (χ4v) is 2.95. The Bertz CT molecular complexity index is 744. The van der Waals surface area contributed by atoms with Gasteiger partial charge in [0, 0.05) is 20.2 Å². The predicted molar refractivity (Wildman–Crippen MR) is 90.8 cm³/mol. The van der Waals surface area contributed by atoms with E-state index in [0.29, 0.717) is 25.4 Å². The topological polar surface area (TPSA) is 73.9 Å². The first-order chi connectivity index (χ1) is 11.5. The van der Waals surface area contributed by atoms with Gasteiger partial charge in [-0.3, -0.25) is 0 Å². The molecule has 0 aliphatic carbocycles. The Kier molecular flexibility index (Phi) is 6.60. The van der Waals surface area contributed by atoms with Crippen molar-refractivity contribution in [2.24, 2.45) is 0 Å². The predicted octanol–water partition coefficient (Wildman–Crippen LogP) is 2.20. The molecule has 130 valence electrons. The van der Waals surface area contributed by atoms with Crippen molar-refractivity contribution in [3.8, 4) is 11.5 Å². The van der Waals surface area contributed by atoms with Crippen LogP contribution >= 0.6 is 0 Å². The minimum atomic E-state index is -3.88. The number of hydrogen-bond acceptors (Lipinski definition) is 6. The van der Waals surface area contributed by atoms with Crippen LogP contribution in [0.25, 0.3) is 0 Å². The molecule has 0 bridgehead atoms. The Balaban J connectivity index is 2.05. The second-order valence-corrected chi connectivity index (χ2v) is 6.58. The number of ether oxygens (including phenoxy) is 2. The van der Waals surface area contributed by atoms with Crippen LogP contribution in [-0.4, -0.2) is 35.8 Å².